The molecule has 0 aliphatic heterocycles. The van der Waals surface area contributed by atoms with Gasteiger partial charge in [0.1, 0.15) is 11.4 Å². The molecule has 0 radical (unpaired) electrons. The van der Waals surface area contributed by atoms with Gasteiger partial charge in [-0.1, -0.05) is 19.1 Å². The van der Waals surface area contributed by atoms with Gasteiger partial charge in [-0.05, 0) is 31.2 Å². The van der Waals surface area contributed by atoms with Crippen LogP contribution in [0.2, 0.25) is 0 Å². The second-order valence-electron chi connectivity index (χ2n) is 3.27. The van der Waals surface area contributed by atoms with Crippen molar-refractivity contribution in [3.05, 3.63) is 35.6 Å². The van der Waals surface area contributed by atoms with Crippen LogP contribution in [0.25, 0.3) is 0 Å². The van der Waals surface area contributed by atoms with Gasteiger partial charge in [-0.25, -0.2) is 4.39 Å². The Hall–Kier alpha value is -1.40. The van der Waals surface area contributed by atoms with Gasteiger partial charge in [0, 0.05) is 0 Å². The number of nitrogens with one attached hydrogen (secondary N) is 1. The van der Waals surface area contributed by atoms with Gasteiger partial charge in [0.2, 0.25) is 0 Å². The lowest BCUT2D eigenvalue weighted by Crippen LogP contribution is -2.37. The van der Waals surface area contributed by atoms with Crippen LogP contribution in [0.3, 0.4) is 0 Å². The summed E-state index contributed by atoms with van der Waals surface area (Å²) in [5, 5.41) is 12.1. The summed E-state index contributed by atoms with van der Waals surface area (Å²) in [6, 6.07) is 8.16. The van der Waals surface area contributed by atoms with Crippen LogP contribution in [-0.4, -0.2) is 6.54 Å². The lowest BCUT2D eigenvalue weighted by atomic mass is 9.94. The summed E-state index contributed by atoms with van der Waals surface area (Å²) in [5.41, 5.74) is 0.0471. The highest BCUT2D eigenvalue weighted by Crippen LogP contribution is 2.19. The molecule has 0 bridgehead atoms. The summed E-state index contributed by atoms with van der Waals surface area (Å²) in [6.07, 6.45) is 0. The Balaban J connectivity index is 3.01. The molecule has 0 saturated heterocycles. The number of nitrogens with zero attached hydrogens (tertiary/aromatic N) is 1. The van der Waals surface area contributed by atoms with Crippen LogP contribution in [0, 0.1) is 17.1 Å². The zero-order chi connectivity index (χ0) is 10.6. The highest BCUT2D eigenvalue weighted by Gasteiger charge is 2.24. The molecule has 1 atom stereocenters. The van der Waals surface area contributed by atoms with Crippen LogP contribution >= 0.6 is 0 Å². The van der Waals surface area contributed by atoms with Crippen molar-refractivity contribution in [3.63, 3.8) is 0 Å². The lowest BCUT2D eigenvalue weighted by Gasteiger charge is -2.22. The molecule has 0 aliphatic rings. The molecule has 14 heavy (non-hydrogen) atoms. The molecule has 0 saturated carbocycles. The highest BCUT2D eigenvalue weighted by molar-refractivity contribution is 5.30. The number of halogens is 1. The van der Waals surface area contributed by atoms with Crippen molar-refractivity contribution in [2.24, 2.45) is 0 Å². The summed E-state index contributed by atoms with van der Waals surface area (Å²) >= 11 is 0. The molecule has 1 unspecified atom stereocenters. The van der Waals surface area contributed by atoms with Crippen LogP contribution in [0.1, 0.15) is 19.4 Å². The lowest BCUT2D eigenvalue weighted by molar-refractivity contribution is 0.480. The van der Waals surface area contributed by atoms with E-state index >= 15 is 0 Å². The molecule has 1 aromatic carbocycles. The van der Waals surface area contributed by atoms with Crippen molar-refractivity contribution in [1.82, 2.24) is 5.32 Å². The number of hydrogen-bond donors (Lipinski definition) is 1. The molecular weight excluding hydrogens is 179 g/mol. The van der Waals surface area contributed by atoms with Crippen molar-refractivity contribution < 1.29 is 4.39 Å². The third-order valence-corrected chi connectivity index (χ3v) is 2.18. The molecule has 1 aromatic rings. The maximum atomic E-state index is 12.7. The maximum Gasteiger partial charge on any atom is 0.129 e. The Kier molecular flexibility index (Phi) is 3.21. The number of hydrogen-bond acceptors (Lipinski definition) is 2. The first kappa shape index (κ1) is 10.7. The van der Waals surface area contributed by atoms with E-state index in [4.69, 9.17) is 5.26 Å². The summed E-state index contributed by atoms with van der Waals surface area (Å²) in [4.78, 5) is 0. The van der Waals surface area contributed by atoms with Crippen molar-refractivity contribution in [2.75, 3.05) is 6.54 Å². The second-order valence-corrected chi connectivity index (χ2v) is 3.27. The molecule has 2 nitrogen and oxygen atoms in total. The van der Waals surface area contributed by atoms with Gasteiger partial charge in [-0.3, -0.25) is 5.32 Å². The van der Waals surface area contributed by atoms with Crippen LogP contribution in [0.5, 0.6) is 0 Å². The van der Waals surface area contributed by atoms with Gasteiger partial charge in [-0.15, -0.1) is 0 Å². The monoisotopic (exact) mass is 192 g/mol. The molecular formula is C11H13FN2. The van der Waals surface area contributed by atoms with E-state index in [2.05, 4.69) is 11.4 Å². The predicted octanol–water partition coefficient (Wildman–Crippen LogP) is 2.17. The minimum Gasteiger partial charge on any atom is -0.296 e. The summed E-state index contributed by atoms with van der Waals surface area (Å²) in [5.74, 6) is -0.287. The minimum absolute atomic E-state index is 0.287. The van der Waals surface area contributed by atoms with E-state index in [0.717, 1.165) is 5.56 Å². The van der Waals surface area contributed by atoms with Crippen molar-refractivity contribution in [3.8, 4) is 6.07 Å². The normalized spacial score (nSPS) is 14.4. The maximum absolute atomic E-state index is 12.7. The Morgan fingerprint density at radius 3 is 2.43 bits per heavy atom. The van der Waals surface area contributed by atoms with Gasteiger partial charge >= 0.3 is 0 Å². The third-order valence-electron chi connectivity index (χ3n) is 2.18. The Morgan fingerprint density at radius 1 is 1.43 bits per heavy atom. The zero-order valence-corrected chi connectivity index (χ0v) is 8.34. The van der Waals surface area contributed by atoms with E-state index in [1.807, 2.05) is 6.92 Å². The first-order valence-electron chi connectivity index (χ1n) is 4.54. The Bertz CT molecular complexity index is 339. The first-order valence-corrected chi connectivity index (χ1v) is 4.54. The zero-order valence-electron chi connectivity index (χ0n) is 8.34. The van der Waals surface area contributed by atoms with E-state index in [-0.39, 0.29) is 5.82 Å². The highest BCUT2D eigenvalue weighted by atomic mass is 19.1. The van der Waals surface area contributed by atoms with Gasteiger partial charge < -0.3 is 0 Å². The molecule has 0 aromatic heterocycles. The minimum atomic E-state index is -0.734. The van der Waals surface area contributed by atoms with Crippen LogP contribution < -0.4 is 5.32 Å². The average Bonchev–Trinajstić information content (AvgIpc) is 2.19. The fourth-order valence-corrected chi connectivity index (χ4v) is 1.34. The molecule has 0 amide bonds. The summed E-state index contributed by atoms with van der Waals surface area (Å²) < 4.78 is 12.7. The topological polar surface area (TPSA) is 35.8 Å². The predicted molar refractivity (Wildman–Crippen MR) is 53.0 cm³/mol. The van der Waals surface area contributed by atoms with Crippen LogP contribution in [0.15, 0.2) is 24.3 Å². The number of benzene rings is 1. The van der Waals surface area contributed by atoms with Crippen molar-refractivity contribution in [2.45, 2.75) is 19.4 Å². The molecule has 1 N–H and O–H groups in total. The number of rotatable bonds is 3. The molecule has 0 heterocycles. The Labute approximate surface area is 83.4 Å². The van der Waals surface area contributed by atoms with E-state index in [1.54, 1.807) is 19.1 Å². The fourth-order valence-electron chi connectivity index (χ4n) is 1.34. The largest absolute Gasteiger partial charge is 0.296 e. The third kappa shape index (κ3) is 2.09. The SMILES string of the molecule is CCNC(C)(C#N)c1ccc(F)cc1. The van der Waals surface area contributed by atoms with Crippen molar-refractivity contribution >= 4 is 0 Å². The van der Waals surface area contributed by atoms with E-state index in [1.165, 1.54) is 12.1 Å². The molecule has 0 fully saturated rings. The summed E-state index contributed by atoms with van der Waals surface area (Å²) in [7, 11) is 0. The molecule has 0 spiro atoms. The van der Waals surface area contributed by atoms with Crippen molar-refractivity contribution in [1.29, 1.82) is 5.26 Å². The Morgan fingerprint density at radius 2 is 2.00 bits per heavy atom. The van der Waals surface area contributed by atoms with Crippen LogP contribution in [-0.2, 0) is 5.54 Å². The van der Waals surface area contributed by atoms with Gasteiger partial charge in [0.25, 0.3) is 0 Å². The standard InChI is InChI=1S/C11H13FN2/c1-3-14-11(2,8-13)9-4-6-10(12)7-5-9/h4-7,14H,3H2,1-2H3. The van der Waals surface area contributed by atoms with E-state index in [0.29, 0.717) is 6.54 Å². The molecule has 0 aliphatic carbocycles. The van der Waals surface area contributed by atoms with E-state index < -0.39 is 5.54 Å². The molecule has 74 valence electrons. The van der Waals surface area contributed by atoms with E-state index in [9.17, 15) is 4.39 Å². The number of nitriles is 1. The van der Waals surface area contributed by atoms with Gasteiger partial charge in [-0.2, -0.15) is 5.26 Å². The smallest absolute Gasteiger partial charge is 0.129 e. The molecule has 1 rings (SSSR count). The van der Waals surface area contributed by atoms with Crippen LogP contribution in [0.4, 0.5) is 4.39 Å². The molecule has 3 heteroatoms. The average molecular weight is 192 g/mol. The first-order chi connectivity index (χ1) is 6.62. The second kappa shape index (κ2) is 4.21. The fraction of sp³-hybridized carbons (Fsp3) is 0.364. The van der Waals surface area contributed by atoms with Gasteiger partial charge in [0.15, 0.2) is 0 Å². The summed E-state index contributed by atoms with van der Waals surface area (Å²) in [6.45, 7) is 4.41. The quantitative estimate of drug-likeness (QED) is 0.796. The van der Waals surface area contributed by atoms with Gasteiger partial charge in [0.05, 0.1) is 6.07 Å².